The van der Waals surface area contributed by atoms with Gasteiger partial charge in [-0.05, 0) is 49.2 Å². The van der Waals surface area contributed by atoms with Gasteiger partial charge in [-0.2, -0.15) is 4.98 Å². The van der Waals surface area contributed by atoms with E-state index in [4.69, 9.17) is 16.3 Å². The summed E-state index contributed by atoms with van der Waals surface area (Å²) in [6, 6.07) is 24.9. The highest BCUT2D eigenvalue weighted by Gasteiger charge is 2.18. The van der Waals surface area contributed by atoms with E-state index in [0.29, 0.717) is 24.1 Å². The van der Waals surface area contributed by atoms with Crippen molar-refractivity contribution in [1.29, 1.82) is 0 Å². The average molecular weight is 447 g/mol. The second-order valence-electron chi connectivity index (χ2n) is 7.19. The van der Waals surface area contributed by atoms with Crippen LogP contribution in [0.3, 0.4) is 0 Å². The van der Waals surface area contributed by atoms with Gasteiger partial charge in [-0.15, -0.1) is 16.7 Å². The molecule has 0 aliphatic rings. The lowest BCUT2D eigenvalue weighted by atomic mass is 10.1. The van der Waals surface area contributed by atoms with E-state index in [1.54, 1.807) is 4.68 Å². The van der Waals surface area contributed by atoms with Gasteiger partial charge in [0.05, 0.1) is 12.3 Å². The number of hydrogen-bond acceptors (Lipinski definition) is 4. The molecule has 1 amide bonds. The number of aryl methyl sites for hydroxylation is 1. The molecule has 3 aromatic carbocycles. The minimum atomic E-state index is -0.771. The number of anilines is 1. The Morgan fingerprint density at radius 2 is 1.72 bits per heavy atom. The number of nitrogens with one attached hydrogen (secondary N) is 1. The number of benzene rings is 3. The zero-order chi connectivity index (χ0) is 22.5. The number of hydrogen-bond donors (Lipinski definition) is 1. The number of carbonyl (C=O) groups is 1. The fourth-order valence-electron chi connectivity index (χ4n) is 3.33. The van der Waals surface area contributed by atoms with Gasteiger partial charge < -0.3 is 10.1 Å². The zero-order valence-electron chi connectivity index (χ0n) is 17.8. The quantitative estimate of drug-likeness (QED) is 0.377. The maximum absolute atomic E-state index is 12.5. The lowest BCUT2D eigenvalue weighted by Gasteiger charge is -2.12. The summed E-state index contributed by atoms with van der Waals surface area (Å²) in [5.41, 5.74) is 4.24. The van der Waals surface area contributed by atoms with E-state index in [1.807, 2.05) is 92.7 Å². The van der Waals surface area contributed by atoms with Gasteiger partial charge in [0.1, 0.15) is 5.38 Å². The van der Waals surface area contributed by atoms with Gasteiger partial charge in [0.15, 0.2) is 5.82 Å². The number of halogens is 1. The van der Waals surface area contributed by atoms with Crippen molar-refractivity contribution in [2.75, 3.05) is 11.9 Å². The second-order valence-corrected chi connectivity index (χ2v) is 7.62. The Bertz CT molecular complexity index is 1210. The first-order valence-corrected chi connectivity index (χ1v) is 10.8. The Morgan fingerprint density at radius 1 is 1.03 bits per heavy atom. The van der Waals surface area contributed by atoms with Gasteiger partial charge in [0, 0.05) is 11.3 Å². The summed E-state index contributed by atoms with van der Waals surface area (Å²) in [5.74, 6) is 0.402. The lowest BCUT2D eigenvalue weighted by molar-refractivity contribution is -0.116. The van der Waals surface area contributed by atoms with Crippen molar-refractivity contribution in [2.45, 2.75) is 19.2 Å². The highest BCUT2D eigenvalue weighted by molar-refractivity contribution is 6.32. The van der Waals surface area contributed by atoms with Crippen LogP contribution in [0.2, 0.25) is 0 Å². The minimum Gasteiger partial charge on any atom is -0.463 e. The molecular formula is C25H23ClN4O2. The van der Waals surface area contributed by atoms with Crippen LogP contribution in [0, 0.1) is 6.92 Å². The van der Waals surface area contributed by atoms with Gasteiger partial charge in [0.25, 0.3) is 0 Å². The predicted molar refractivity (Wildman–Crippen MR) is 126 cm³/mol. The molecule has 162 valence electrons. The van der Waals surface area contributed by atoms with Crippen molar-refractivity contribution in [3.05, 3.63) is 90.0 Å². The van der Waals surface area contributed by atoms with Crippen LogP contribution in [0.15, 0.2) is 78.9 Å². The molecule has 0 unspecified atom stereocenters. The molecule has 0 radical (unpaired) electrons. The third-order valence-corrected chi connectivity index (χ3v) is 5.40. The van der Waals surface area contributed by atoms with Crippen molar-refractivity contribution in [1.82, 2.24) is 14.8 Å². The maximum atomic E-state index is 12.5. The first-order valence-electron chi connectivity index (χ1n) is 10.3. The number of alkyl halides is 1. The van der Waals surface area contributed by atoms with Crippen LogP contribution in [-0.2, 0) is 4.79 Å². The molecule has 0 spiro atoms. The molecule has 0 saturated carbocycles. The molecule has 4 aromatic rings. The van der Waals surface area contributed by atoms with Crippen LogP contribution in [0.5, 0.6) is 6.01 Å². The molecule has 0 aliphatic carbocycles. The summed E-state index contributed by atoms with van der Waals surface area (Å²) in [6.45, 7) is 4.40. The standard InChI is InChI=1S/C25H23ClN4O2/c1-3-32-25-28-23(21-12-8-7-9-17(21)2)30(29-25)20-15-13-19(14-16-20)27-24(31)22(26)18-10-5-4-6-11-18/h4-16,22H,3H2,1-2H3,(H,27,31)/t22-/m0/s1. The predicted octanol–water partition coefficient (Wildman–Crippen LogP) is 5.56. The molecule has 4 rings (SSSR count). The lowest BCUT2D eigenvalue weighted by Crippen LogP contribution is -2.17. The molecule has 6 nitrogen and oxygen atoms in total. The number of aromatic nitrogens is 3. The molecule has 1 N–H and O–H groups in total. The molecule has 1 heterocycles. The van der Waals surface area contributed by atoms with Crippen LogP contribution in [0.1, 0.15) is 23.4 Å². The van der Waals surface area contributed by atoms with Gasteiger partial charge in [-0.3, -0.25) is 4.79 Å². The number of amides is 1. The molecule has 1 atom stereocenters. The molecule has 0 saturated heterocycles. The minimum absolute atomic E-state index is 0.286. The maximum Gasteiger partial charge on any atom is 0.336 e. The van der Waals surface area contributed by atoms with E-state index in [0.717, 1.165) is 22.4 Å². The van der Waals surface area contributed by atoms with Crippen LogP contribution in [-0.4, -0.2) is 27.3 Å². The Morgan fingerprint density at radius 3 is 2.41 bits per heavy atom. The number of ether oxygens (including phenoxy) is 1. The summed E-state index contributed by atoms with van der Waals surface area (Å²) in [4.78, 5) is 17.1. The molecule has 0 fully saturated rings. The summed E-state index contributed by atoms with van der Waals surface area (Å²) >= 11 is 6.32. The number of nitrogens with zero attached hydrogens (tertiary/aromatic N) is 3. The summed E-state index contributed by atoms with van der Waals surface area (Å²) in [7, 11) is 0. The van der Waals surface area contributed by atoms with Crippen molar-refractivity contribution >= 4 is 23.2 Å². The van der Waals surface area contributed by atoms with E-state index in [9.17, 15) is 4.79 Å². The fourth-order valence-corrected chi connectivity index (χ4v) is 3.53. The molecule has 32 heavy (non-hydrogen) atoms. The normalized spacial score (nSPS) is 11.7. The Kier molecular flexibility index (Phi) is 6.52. The van der Waals surface area contributed by atoms with Crippen LogP contribution < -0.4 is 10.1 Å². The largest absolute Gasteiger partial charge is 0.463 e. The summed E-state index contributed by atoms with van der Waals surface area (Å²) in [6.07, 6.45) is 0. The molecule has 0 aliphatic heterocycles. The summed E-state index contributed by atoms with van der Waals surface area (Å²) in [5, 5.41) is 6.61. The second kappa shape index (κ2) is 9.66. The van der Waals surface area contributed by atoms with E-state index in [1.165, 1.54) is 0 Å². The topological polar surface area (TPSA) is 69.0 Å². The zero-order valence-corrected chi connectivity index (χ0v) is 18.6. The van der Waals surface area contributed by atoms with Crippen molar-refractivity contribution in [3.63, 3.8) is 0 Å². The van der Waals surface area contributed by atoms with Gasteiger partial charge in [-0.25, -0.2) is 4.68 Å². The third-order valence-electron chi connectivity index (χ3n) is 4.95. The first kappa shape index (κ1) is 21.6. The molecule has 7 heteroatoms. The van der Waals surface area contributed by atoms with E-state index >= 15 is 0 Å². The van der Waals surface area contributed by atoms with Crippen molar-refractivity contribution in [3.8, 4) is 23.1 Å². The summed E-state index contributed by atoms with van der Waals surface area (Å²) < 4.78 is 7.28. The SMILES string of the molecule is CCOc1nc(-c2ccccc2C)n(-c2ccc(NC(=O)[C@@H](Cl)c3ccccc3)cc2)n1. The average Bonchev–Trinajstić information content (AvgIpc) is 3.24. The van der Waals surface area contributed by atoms with E-state index in [2.05, 4.69) is 15.4 Å². The Hall–Kier alpha value is -3.64. The van der Waals surface area contributed by atoms with E-state index in [-0.39, 0.29) is 5.91 Å². The highest BCUT2D eigenvalue weighted by atomic mass is 35.5. The number of rotatable bonds is 7. The van der Waals surface area contributed by atoms with Gasteiger partial charge >= 0.3 is 6.01 Å². The Balaban J connectivity index is 1.59. The van der Waals surface area contributed by atoms with Crippen LogP contribution in [0.25, 0.3) is 17.1 Å². The van der Waals surface area contributed by atoms with E-state index < -0.39 is 5.38 Å². The number of carbonyl (C=O) groups excluding carboxylic acids is 1. The van der Waals surface area contributed by atoms with Crippen LogP contribution in [0.4, 0.5) is 5.69 Å². The molecular weight excluding hydrogens is 424 g/mol. The smallest absolute Gasteiger partial charge is 0.336 e. The first-order chi connectivity index (χ1) is 15.6. The van der Waals surface area contributed by atoms with Gasteiger partial charge in [0.2, 0.25) is 5.91 Å². The van der Waals surface area contributed by atoms with Crippen molar-refractivity contribution in [2.24, 2.45) is 0 Å². The van der Waals surface area contributed by atoms with Crippen LogP contribution >= 0.6 is 11.6 Å². The fraction of sp³-hybridized carbons (Fsp3) is 0.160. The molecule has 1 aromatic heterocycles. The third kappa shape index (κ3) is 4.65. The molecule has 0 bridgehead atoms. The highest BCUT2D eigenvalue weighted by Crippen LogP contribution is 2.27. The Labute approximate surface area is 191 Å². The van der Waals surface area contributed by atoms with Crippen molar-refractivity contribution < 1.29 is 9.53 Å². The van der Waals surface area contributed by atoms with Gasteiger partial charge in [-0.1, -0.05) is 54.6 Å². The monoisotopic (exact) mass is 446 g/mol.